The summed E-state index contributed by atoms with van der Waals surface area (Å²) in [6, 6.07) is 13.5. The van der Waals surface area contributed by atoms with E-state index in [9.17, 15) is 22.8 Å². The average molecular weight is 388 g/mol. The Morgan fingerprint density at radius 3 is 2.00 bits per heavy atom. The normalized spacial score (nSPS) is 11.1. The number of alkyl halides is 3. The van der Waals surface area contributed by atoms with Crippen LogP contribution in [0.15, 0.2) is 71.3 Å². The second-order valence-corrected chi connectivity index (χ2v) is 5.87. The van der Waals surface area contributed by atoms with E-state index >= 15 is 0 Å². The van der Waals surface area contributed by atoms with Crippen molar-refractivity contribution in [1.82, 2.24) is 5.32 Å². The molecule has 2 amide bonds. The largest absolute Gasteiger partial charge is 0.467 e. The van der Waals surface area contributed by atoms with E-state index in [-0.39, 0.29) is 23.7 Å². The van der Waals surface area contributed by atoms with E-state index in [1.807, 2.05) is 0 Å². The second kappa shape index (κ2) is 7.99. The molecule has 0 fully saturated rings. The molecule has 3 rings (SSSR count). The fourth-order valence-electron chi connectivity index (χ4n) is 2.40. The Hall–Kier alpha value is -3.55. The number of amides is 2. The van der Waals surface area contributed by atoms with Crippen LogP contribution in [0.25, 0.3) is 0 Å². The third kappa shape index (κ3) is 4.79. The van der Waals surface area contributed by atoms with Crippen molar-refractivity contribution in [3.8, 4) is 0 Å². The van der Waals surface area contributed by atoms with Gasteiger partial charge in [0.25, 0.3) is 11.8 Å². The van der Waals surface area contributed by atoms with Crippen molar-refractivity contribution < 1.29 is 27.2 Å². The zero-order chi connectivity index (χ0) is 20.1. The van der Waals surface area contributed by atoms with Crippen molar-refractivity contribution in [3.05, 3.63) is 89.4 Å². The summed E-state index contributed by atoms with van der Waals surface area (Å²) in [6.07, 6.45) is -2.93. The highest BCUT2D eigenvalue weighted by Gasteiger charge is 2.30. The van der Waals surface area contributed by atoms with Crippen LogP contribution < -0.4 is 10.6 Å². The van der Waals surface area contributed by atoms with Gasteiger partial charge in [0.2, 0.25) is 0 Å². The first-order valence-electron chi connectivity index (χ1n) is 8.22. The first-order valence-corrected chi connectivity index (χ1v) is 8.22. The zero-order valence-corrected chi connectivity index (χ0v) is 14.4. The maximum Gasteiger partial charge on any atom is 0.416 e. The molecule has 0 saturated carbocycles. The summed E-state index contributed by atoms with van der Waals surface area (Å²) in [4.78, 5) is 24.3. The quantitative estimate of drug-likeness (QED) is 0.677. The summed E-state index contributed by atoms with van der Waals surface area (Å²) < 4.78 is 42.8. The number of nitrogens with one attached hydrogen (secondary N) is 2. The Morgan fingerprint density at radius 1 is 0.857 bits per heavy atom. The van der Waals surface area contributed by atoms with Crippen LogP contribution in [0.4, 0.5) is 18.9 Å². The monoisotopic (exact) mass is 388 g/mol. The lowest BCUT2D eigenvalue weighted by Crippen LogP contribution is -2.22. The van der Waals surface area contributed by atoms with Crippen LogP contribution in [-0.4, -0.2) is 11.8 Å². The summed E-state index contributed by atoms with van der Waals surface area (Å²) in [7, 11) is 0. The maximum atomic E-state index is 12.6. The van der Waals surface area contributed by atoms with Crippen molar-refractivity contribution in [2.24, 2.45) is 0 Å². The van der Waals surface area contributed by atoms with Crippen molar-refractivity contribution in [3.63, 3.8) is 0 Å². The van der Waals surface area contributed by atoms with Crippen LogP contribution in [0.5, 0.6) is 0 Å². The van der Waals surface area contributed by atoms with Crippen molar-refractivity contribution in [2.45, 2.75) is 12.7 Å². The van der Waals surface area contributed by atoms with Gasteiger partial charge in [-0.2, -0.15) is 13.2 Å². The van der Waals surface area contributed by atoms with Gasteiger partial charge in [0.1, 0.15) is 5.76 Å². The minimum Gasteiger partial charge on any atom is -0.467 e. The Labute approximate surface area is 158 Å². The van der Waals surface area contributed by atoms with Crippen LogP contribution in [0, 0.1) is 0 Å². The molecule has 0 unspecified atom stereocenters. The third-order valence-corrected chi connectivity index (χ3v) is 3.88. The van der Waals surface area contributed by atoms with Crippen LogP contribution in [0.2, 0.25) is 0 Å². The van der Waals surface area contributed by atoms with Gasteiger partial charge in [-0.3, -0.25) is 9.59 Å². The molecule has 0 aliphatic heterocycles. The predicted octanol–water partition coefficient (Wildman–Crippen LogP) is 4.48. The molecule has 0 aliphatic carbocycles. The van der Waals surface area contributed by atoms with Gasteiger partial charge in [0.15, 0.2) is 0 Å². The number of carbonyl (C=O) groups excluding carboxylic acids is 2. The van der Waals surface area contributed by atoms with E-state index < -0.39 is 17.6 Å². The molecule has 0 spiro atoms. The first-order chi connectivity index (χ1) is 13.3. The Kier molecular flexibility index (Phi) is 5.49. The van der Waals surface area contributed by atoms with Gasteiger partial charge < -0.3 is 15.1 Å². The number of halogens is 3. The zero-order valence-electron chi connectivity index (χ0n) is 14.4. The highest BCUT2D eigenvalue weighted by atomic mass is 19.4. The molecule has 1 heterocycles. The molecule has 2 aromatic carbocycles. The van der Waals surface area contributed by atoms with E-state index in [0.717, 1.165) is 12.1 Å². The van der Waals surface area contributed by atoms with Crippen molar-refractivity contribution in [1.29, 1.82) is 0 Å². The van der Waals surface area contributed by atoms with Gasteiger partial charge in [0.05, 0.1) is 18.4 Å². The molecule has 0 bridgehead atoms. The first kappa shape index (κ1) is 19.2. The smallest absolute Gasteiger partial charge is 0.416 e. The molecule has 0 saturated heterocycles. The van der Waals surface area contributed by atoms with E-state index in [4.69, 9.17) is 4.42 Å². The molecule has 0 aliphatic rings. The van der Waals surface area contributed by atoms with E-state index in [1.54, 1.807) is 12.1 Å². The molecule has 5 nitrogen and oxygen atoms in total. The van der Waals surface area contributed by atoms with Gasteiger partial charge in [-0.1, -0.05) is 0 Å². The van der Waals surface area contributed by atoms with Crippen LogP contribution in [0.3, 0.4) is 0 Å². The summed E-state index contributed by atoms with van der Waals surface area (Å²) in [5.74, 6) is -0.214. The molecule has 28 heavy (non-hydrogen) atoms. The average Bonchev–Trinajstić information content (AvgIpc) is 3.19. The van der Waals surface area contributed by atoms with Gasteiger partial charge in [0, 0.05) is 16.8 Å². The number of benzene rings is 2. The molecule has 0 radical (unpaired) electrons. The van der Waals surface area contributed by atoms with Gasteiger partial charge >= 0.3 is 6.18 Å². The SMILES string of the molecule is O=C(NCc1ccco1)c1ccc(C(=O)Nc2ccc(C(F)(F)F)cc2)cc1. The van der Waals surface area contributed by atoms with E-state index in [2.05, 4.69) is 10.6 Å². The highest BCUT2D eigenvalue weighted by Crippen LogP contribution is 2.29. The minimum absolute atomic E-state index is 0.235. The summed E-state index contributed by atoms with van der Waals surface area (Å²) >= 11 is 0. The topological polar surface area (TPSA) is 71.3 Å². The molecule has 0 atom stereocenters. The number of rotatable bonds is 5. The molecular weight excluding hydrogens is 373 g/mol. The number of hydrogen-bond acceptors (Lipinski definition) is 3. The van der Waals surface area contributed by atoms with E-state index in [1.165, 1.54) is 42.7 Å². The van der Waals surface area contributed by atoms with Gasteiger partial charge in [-0.25, -0.2) is 0 Å². The lowest BCUT2D eigenvalue weighted by Gasteiger charge is -2.09. The van der Waals surface area contributed by atoms with Crippen molar-refractivity contribution in [2.75, 3.05) is 5.32 Å². The second-order valence-electron chi connectivity index (χ2n) is 5.87. The fourth-order valence-corrected chi connectivity index (χ4v) is 2.40. The summed E-state index contributed by atoms with van der Waals surface area (Å²) in [5, 5.41) is 5.19. The van der Waals surface area contributed by atoms with Crippen LogP contribution in [-0.2, 0) is 12.7 Å². The Bertz CT molecular complexity index is 948. The van der Waals surface area contributed by atoms with Gasteiger partial charge in [-0.05, 0) is 60.7 Å². The molecular formula is C20H15F3N2O3. The standard InChI is InChI=1S/C20H15F3N2O3/c21-20(22,23)15-7-9-16(10-8-15)25-19(27)14-5-3-13(4-6-14)18(26)24-12-17-2-1-11-28-17/h1-11H,12H2,(H,24,26)(H,25,27). The third-order valence-electron chi connectivity index (χ3n) is 3.88. The van der Waals surface area contributed by atoms with E-state index in [0.29, 0.717) is 11.3 Å². The number of hydrogen-bond donors (Lipinski definition) is 2. The minimum atomic E-state index is -4.43. The summed E-state index contributed by atoms with van der Waals surface area (Å²) in [5.41, 5.74) is 0.0637. The van der Waals surface area contributed by atoms with Gasteiger partial charge in [-0.15, -0.1) is 0 Å². The molecule has 1 aromatic heterocycles. The fraction of sp³-hybridized carbons (Fsp3) is 0.100. The number of furan rings is 1. The molecule has 3 aromatic rings. The number of carbonyl (C=O) groups is 2. The Balaban J connectivity index is 1.59. The molecule has 144 valence electrons. The maximum absolute atomic E-state index is 12.6. The summed E-state index contributed by atoms with van der Waals surface area (Å²) in [6.45, 7) is 0.238. The number of anilines is 1. The Morgan fingerprint density at radius 2 is 1.46 bits per heavy atom. The van der Waals surface area contributed by atoms with Crippen molar-refractivity contribution >= 4 is 17.5 Å². The lowest BCUT2D eigenvalue weighted by molar-refractivity contribution is -0.137. The van der Waals surface area contributed by atoms with Crippen LogP contribution in [0.1, 0.15) is 32.0 Å². The molecule has 8 heteroatoms. The molecule has 2 N–H and O–H groups in total. The van der Waals surface area contributed by atoms with Crippen LogP contribution >= 0.6 is 0 Å². The lowest BCUT2D eigenvalue weighted by atomic mass is 10.1. The highest BCUT2D eigenvalue weighted by molar-refractivity contribution is 6.05. The predicted molar refractivity (Wildman–Crippen MR) is 95.7 cm³/mol.